The summed E-state index contributed by atoms with van der Waals surface area (Å²) in [6.45, 7) is 28.3. The largest absolute Gasteiger partial charge is 0.427 e. The van der Waals surface area contributed by atoms with Crippen LogP contribution in [0, 0.1) is 5.92 Å². The van der Waals surface area contributed by atoms with E-state index in [4.69, 9.17) is 75.8 Å². The molecule has 0 heterocycles. The SMILES string of the molecule is CCC(C)C.CCC(C)OCCOC(CCCCCCCC(=O)Oc1ccccc1)OC.CCC(C)OCCOC(CCCCCCCCCC(=O)Oc1ccccc1)OC.CCC(C)OCCOC(CCCCCCCCCCCCCCC(=O)Oc1ccccc1)OC.CCC(C)OCCOC(CCCCCCCCCCCCCCCCCCCC(=O)Oc1ccccc1)OC. The minimum atomic E-state index is -0.161. The third kappa shape index (κ3) is 88.9. The number of carbonyl (C=O) groups excluding carboxylic acids is 4. The maximum Gasteiger partial charge on any atom is 0.311 e. The first-order valence-corrected chi connectivity index (χ1v) is 53.5. The molecule has 0 spiro atoms. The Morgan fingerprint density at radius 1 is 0.201 bits per heavy atom. The summed E-state index contributed by atoms with van der Waals surface area (Å²) < 4.78 is 88.3. The van der Waals surface area contributed by atoms with Crippen molar-refractivity contribution in [3.05, 3.63) is 121 Å². The zero-order valence-electron chi connectivity index (χ0n) is 87.7. The van der Waals surface area contributed by atoms with Gasteiger partial charge in [0.05, 0.1) is 77.3 Å². The Morgan fingerprint density at radius 2 is 0.343 bits per heavy atom. The molecule has 8 unspecified atom stereocenters. The van der Waals surface area contributed by atoms with Gasteiger partial charge >= 0.3 is 23.9 Å². The van der Waals surface area contributed by atoms with Gasteiger partial charge in [0, 0.05) is 54.1 Å². The Morgan fingerprint density at radius 3 is 0.485 bits per heavy atom. The van der Waals surface area contributed by atoms with Crippen molar-refractivity contribution in [3.8, 4) is 23.0 Å². The molecule has 0 fully saturated rings. The Balaban J connectivity index is 0.00000174. The number of ether oxygens (including phenoxy) is 16. The highest BCUT2D eigenvalue weighted by molar-refractivity contribution is 5.73. The highest BCUT2D eigenvalue weighted by atomic mass is 16.7. The van der Waals surface area contributed by atoms with Gasteiger partial charge in [0.15, 0.2) is 25.2 Å². The molecule has 0 aromatic heterocycles. The van der Waals surface area contributed by atoms with Gasteiger partial charge in [-0.25, -0.2) is 0 Å². The van der Waals surface area contributed by atoms with E-state index >= 15 is 0 Å². The van der Waals surface area contributed by atoms with Gasteiger partial charge in [-0.05, 0) is 185 Å². The lowest BCUT2D eigenvalue weighted by Crippen LogP contribution is -2.20. The van der Waals surface area contributed by atoms with Crippen molar-refractivity contribution in [1.82, 2.24) is 0 Å². The fourth-order valence-electron chi connectivity index (χ4n) is 14.1. The minimum Gasteiger partial charge on any atom is -0.427 e. The summed E-state index contributed by atoms with van der Waals surface area (Å²) in [5.74, 6) is 2.87. The molecule has 0 aliphatic carbocycles. The lowest BCUT2D eigenvalue weighted by molar-refractivity contribution is -0.141. The molecule has 4 aromatic carbocycles. The predicted molar refractivity (Wildman–Crippen MR) is 549 cm³/mol. The lowest BCUT2D eigenvalue weighted by Gasteiger charge is -2.17. The third-order valence-corrected chi connectivity index (χ3v) is 23.8. The van der Waals surface area contributed by atoms with Crippen molar-refractivity contribution in [2.75, 3.05) is 81.3 Å². The lowest BCUT2D eigenvalue weighted by atomic mass is 10.0. The van der Waals surface area contributed by atoms with Gasteiger partial charge in [0.2, 0.25) is 0 Å². The molecule has 0 bridgehead atoms. The number of rotatable bonds is 86. The van der Waals surface area contributed by atoms with Crippen LogP contribution in [0.2, 0.25) is 0 Å². The number of hydrogen-bond donors (Lipinski definition) is 0. The van der Waals surface area contributed by atoms with E-state index in [-0.39, 0.29) is 61.2 Å². The Bertz CT molecular complexity index is 3080. The molecule has 0 amide bonds. The van der Waals surface area contributed by atoms with E-state index < -0.39 is 0 Å². The average Bonchev–Trinajstić information content (AvgIpc) is 0.956. The molecule has 4 rings (SSSR count). The smallest absolute Gasteiger partial charge is 0.311 e. The minimum absolute atomic E-state index is 0.0895. The van der Waals surface area contributed by atoms with Gasteiger partial charge in [-0.15, -0.1) is 0 Å². The number of methoxy groups -OCH3 is 4. The van der Waals surface area contributed by atoms with Crippen molar-refractivity contribution in [1.29, 1.82) is 0 Å². The van der Waals surface area contributed by atoms with Crippen molar-refractivity contribution in [2.24, 2.45) is 5.92 Å². The molecule has 8 atom stereocenters. The van der Waals surface area contributed by atoms with E-state index in [1.165, 1.54) is 180 Å². The van der Waals surface area contributed by atoms with Crippen LogP contribution >= 0.6 is 0 Å². The zero-order valence-corrected chi connectivity index (χ0v) is 87.7. The first-order valence-electron chi connectivity index (χ1n) is 53.5. The van der Waals surface area contributed by atoms with E-state index in [9.17, 15) is 19.2 Å². The zero-order chi connectivity index (χ0) is 98.1. The Kier molecular flexibility index (Phi) is 94.6. The van der Waals surface area contributed by atoms with Crippen LogP contribution in [-0.2, 0) is 76.0 Å². The number of carbonyl (C=O) groups is 4. The topological polar surface area (TPSA) is 216 Å². The van der Waals surface area contributed by atoms with Gasteiger partial charge in [0.25, 0.3) is 0 Å². The second-order valence-electron chi connectivity index (χ2n) is 36.1. The molecular weight excluding hydrogens is 1690 g/mol. The van der Waals surface area contributed by atoms with Crippen LogP contribution in [0.15, 0.2) is 121 Å². The van der Waals surface area contributed by atoms with Gasteiger partial charge in [-0.3, -0.25) is 19.2 Å². The van der Waals surface area contributed by atoms with Crippen LogP contribution < -0.4 is 18.9 Å². The van der Waals surface area contributed by atoms with E-state index in [0.717, 1.165) is 147 Å². The maximum atomic E-state index is 11.8. The molecule has 0 aliphatic heterocycles. The molecule has 0 saturated heterocycles. The van der Waals surface area contributed by atoms with Crippen LogP contribution in [0.3, 0.4) is 0 Å². The number of para-hydroxylation sites is 4. The third-order valence-electron chi connectivity index (χ3n) is 23.8. The molecular formula is C114H198O20. The quantitative estimate of drug-likeness (QED) is 0.0174. The van der Waals surface area contributed by atoms with Crippen LogP contribution in [0.5, 0.6) is 23.0 Å². The fourth-order valence-corrected chi connectivity index (χ4v) is 14.1. The number of hydrogen-bond acceptors (Lipinski definition) is 20. The van der Waals surface area contributed by atoms with Gasteiger partial charge in [-0.1, -0.05) is 340 Å². The van der Waals surface area contributed by atoms with E-state index in [1.54, 1.807) is 52.7 Å². The summed E-state index contributed by atoms with van der Waals surface area (Å²) in [5, 5.41) is 0. The van der Waals surface area contributed by atoms with Crippen LogP contribution in [-0.4, -0.2) is 155 Å². The number of benzene rings is 4. The van der Waals surface area contributed by atoms with Crippen LogP contribution in [0.1, 0.15) is 423 Å². The van der Waals surface area contributed by atoms with Crippen molar-refractivity contribution >= 4 is 23.9 Å². The standard InChI is InChI=1S/C34H60O5.C29H50O5.C24H40O5.C22H36O5.C5H12/c1-4-31(2)37-29-30-38-34(36-3)28-24-19-17-15-13-11-9-7-5-6-8-10-12-14-16-18-23-27-33(35)39-32-25-21-20-22-26-32;1-4-26(2)32-24-25-33-29(31-3)23-19-14-12-10-8-6-5-7-9-11-13-18-22-28(30)34-27-20-16-15-17-21-27;1-4-21(2)27-19-20-28-24(26-3)18-14-9-7-5-6-8-13-17-23(25)29-22-15-11-10-12-16-22;1-4-19(2)25-17-18-26-22(24-3)16-12-7-5-6-11-15-21(23)27-20-13-9-8-10-14-20;1-4-5(2)3/h20-22,25-26,31,34H,4-19,23-24,27-30H2,1-3H3;15-17,20-21,26,29H,4-14,18-19,22-25H2,1-3H3;10-12,15-16,21,24H,4-9,13-14,17-20H2,1-3H3;8-10,13-14,19,22H,4-7,11-12,15-18H2,1-3H3;5H,4H2,1-3H3. The number of unbranched alkanes of at least 4 members (excludes halogenated alkanes) is 37. The van der Waals surface area contributed by atoms with Crippen molar-refractivity contribution in [2.45, 2.75) is 472 Å². The first kappa shape index (κ1) is 128. The summed E-state index contributed by atoms with van der Waals surface area (Å²) in [6, 6.07) is 37.1. The molecule has 20 nitrogen and oxygen atoms in total. The second-order valence-corrected chi connectivity index (χ2v) is 36.1. The van der Waals surface area contributed by atoms with Crippen molar-refractivity contribution < 1.29 is 95.0 Å². The normalized spacial score (nSPS) is 13.0. The molecule has 0 radical (unpaired) electrons. The maximum absolute atomic E-state index is 11.8. The second kappa shape index (κ2) is 98.9. The highest BCUT2D eigenvalue weighted by Crippen LogP contribution is 2.23. The molecule has 774 valence electrons. The van der Waals surface area contributed by atoms with E-state index in [0.29, 0.717) is 114 Å². The number of esters is 4. The molecule has 0 aliphatic rings. The molecule has 0 N–H and O–H groups in total. The molecule has 4 aromatic rings. The van der Waals surface area contributed by atoms with Gasteiger partial charge in [0.1, 0.15) is 23.0 Å². The van der Waals surface area contributed by atoms with Gasteiger partial charge < -0.3 is 75.8 Å². The fraction of sp³-hybridized carbons (Fsp3) is 0.754. The molecule has 0 saturated carbocycles. The predicted octanol–water partition coefficient (Wildman–Crippen LogP) is 30.8. The van der Waals surface area contributed by atoms with Crippen LogP contribution in [0.4, 0.5) is 0 Å². The van der Waals surface area contributed by atoms with E-state index in [1.807, 2.05) is 97.1 Å². The Hall–Kier alpha value is -5.72. The molecule has 20 heteroatoms. The first-order chi connectivity index (χ1) is 65.4. The summed E-state index contributed by atoms with van der Waals surface area (Å²) in [5.41, 5.74) is 0. The van der Waals surface area contributed by atoms with E-state index in [2.05, 4.69) is 76.2 Å². The monoisotopic (exact) mass is 1890 g/mol. The van der Waals surface area contributed by atoms with Crippen molar-refractivity contribution in [3.63, 3.8) is 0 Å². The van der Waals surface area contributed by atoms with Gasteiger partial charge in [-0.2, -0.15) is 0 Å². The summed E-state index contributed by atoms with van der Waals surface area (Å²) >= 11 is 0. The highest BCUT2D eigenvalue weighted by Gasteiger charge is 2.15. The average molecular weight is 1890 g/mol. The summed E-state index contributed by atoms with van der Waals surface area (Å²) in [7, 11) is 6.83. The Labute approximate surface area is 818 Å². The molecule has 134 heavy (non-hydrogen) atoms. The summed E-state index contributed by atoms with van der Waals surface area (Å²) in [6.07, 6.45) is 61.8. The summed E-state index contributed by atoms with van der Waals surface area (Å²) in [4.78, 5) is 47.2. The van der Waals surface area contributed by atoms with Crippen LogP contribution in [0.25, 0.3) is 0 Å².